The van der Waals surface area contributed by atoms with Crippen LogP contribution < -0.4 is 4.74 Å². The van der Waals surface area contributed by atoms with Crippen molar-refractivity contribution < 1.29 is 19.4 Å². The van der Waals surface area contributed by atoms with E-state index in [9.17, 15) is 9.59 Å². The zero-order chi connectivity index (χ0) is 14.0. The van der Waals surface area contributed by atoms with Gasteiger partial charge in [-0.25, -0.2) is 9.59 Å². The molecular formula is C12H9ClN2O4. The average molecular weight is 281 g/mol. The lowest BCUT2D eigenvalue weighted by molar-refractivity contribution is 0.0663. The fraction of sp³-hybridized carbons (Fsp3) is 0.0833. The Balaban J connectivity index is 2.33. The molecule has 0 spiro atoms. The van der Waals surface area contributed by atoms with E-state index in [2.05, 4.69) is 5.10 Å². The Morgan fingerprint density at radius 2 is 2.05 bits per heavy atom. The van der Waals surface area contributed by atoms with Crippen LogP contribution in [0.25, 0.3) is 0 Å². The van der Waals surface area contributed by atoms with E-state index >= 15 is 0 Å². The van der Waals surface area contributed by atoms with E-state index in [1.165, 1.54) is 13.1 Å². The van der Waals surface area contributed by atoms with Crippen molar-refractivity contribution in [3.63, 3.8) is 0 Å². The number of ether oxygens (including phenoxy) is 1. The second-order valence-electron chi connectivity index (χ2n) is 3.66. The Bertz CT molecular complexity index is 651. The molecule has 0 unspecified atom stereocenters. The molecular weight excluding hydrogens is 272 g/mol. The van der Waals surface area contributed by atoms with Crippen molar-refractivity contribution in [3.05, 3.63) is 46.7 Å². The number of halogens is 1. The van der Waals surface area contributed by atoms with E-state index in [-0.39, 0.29) is 22.0 Å². The molecule has 2 rings (SSSR count). The van der Waals surface area contributed by atoms with Gasteiger partial charge in [0, 0.05) is 7.05 Å². The second-order valence-corrected chi connectivity index (χ2v) is 4.06. The molecule has 0 bridgehead atoms. The minimum absolute atomic E-state index is 0.146. The summed E-state index contributed by atoms with van der Waals surface area (Å²) in [6.07, 6.45) is 1.09. The zero-order valence-corrected chi connectivity index (χ0v) is 10.6. The number of carbonyl (C=O) groups excluding carboxylic acids is 1. The molecule has 0 radical (unpaired) electrons. The third-order valence-electron chi connectivity index (χ3n) is 2.40. The number of hydrogen-bond acceptors (Lipinski definition) is 4. The van der Waals surface area contributed by atoms with Crippen molar-refractivity contribution in [2.45, 2.75) is 0 Å². The zero-order valence-electron chi connectivity index (χ0n) is 9.83. The van der Waals surface area contributed by atoms with Gasteiger partial charge in [-0.15, -0.1) is 0 Å². The minimum Gasteiger partial charge on any atom is -0.478 e. The summed E-state index contributed by atoms with van der Waals surface area (Å²) in [7, 11) is 1.45. The summed E-state index contributed by atoms with van der Waals surface area (Å²) < 4.78 is 6.21. The van der Waals surface area contributed by atoms with E-state index < -0.39 is 11.9 Å². The van der Waals surface area contributed by atoms with Gasteiger partial charge in [0.1, 0.15) is 11.3 Å². The first-order valence-corrected chi connectivity index (χ1v) is 5.60. The first-order chi connectivity index (χ1) is 9.00. The predicted octanol–water partition coefficient (Wildman–Crippen LogP) is 1.99. The lowest BCUT2D eigenvalue weighted by Gasteiger charge is -2.06. The Hall–Kier alpha value is -2.34. The standard InChI is InChI=1S/C12H9ClN2O4/c1-15-10(7(6-14-15)11(16)17)12(18)19-9-5-3-2-4-8(9)13/h2-6H,1H3,(H,16,17). The Labute approximate surface area is 113 Å². The number of carboxylic acids is 1. The number of benzene rings is 1. The van der Waals surface area contributed by atoms with Gasteiger partial charge < -0.3 is 9.84 Å². The summed E-state index contributed by atoms with van der Waals surface area (Å²) >= 11 is 5.86. The molecule has 0 saturated carbocycles. The van der Waals surface area contributed by atoms with Crippen LogP contribution in [0.2, 0.25) is 5.02 Å². The third-order valence-corrected chi connectivity index (χ3v) is 2.71. The molecule has 0 atom stereocenters. The molecule has 0 fully saturated rings. The highest BCUT2D eigenvalue weighted by Crippen LogP contribution is 2.24. The topological polar surface area (TPSA) is 81.4 Å². The van der Waals surface area contributed by atoms with Crippen LogP contribution in [0.15, 0.2) is 30.5 Å². The van der Waals surface area contributed by atoms with Crippen LogP contribution in [0.1, 0.15) is 20.8 Å². The molecule has 0 aliphatic rings. The molecule has 98 valence electrons. The number of esters is 1. The summed E-state index contributed by atoms with van der Waals surface area (Å²) in [4.78, 5) is 22.9. The molecule has 0 aliphatic heterocycles. The number of hydrogen-bond donors (Lipinski definition) is 1. The van der Waals surface area contributed by atoms with Crippen LogP contribution >= 0.6 is 11.6 Å². The van der Waals surface area contributed by atoms with Crippen LogP contribution in [0, 0.1) is 0 Å². The minimum atomic E-state index is -1.25. The van der Waals surface area contributed by atoms with Crippen molar-refractivity contribution >= 4 is 23.5 Å². The highest BCUT2D eigenvalue weighted by atomic mass is 35.5. The van der Waals surface area contributed by atoms with Gasteiger partial charge in [-0.1, -0.05) is 23.7 Å². The molecule has 0 amide bonds. The quantitative estimate of drug-likeness (QED) is 0.687. The Kier molecular flexibility index (Phi) is 3.52. The molecule has 1 heterocycles. The highest BCUT2D eigenvalue weighted by molar-refractivity contribution is 6.32. The van der Waals surface area contributed by atoms with E-state index in [0.717, 1.165) is 10.9 Å². The van der Waals surface area contributed by atoms with Crippen LogP contribution in [-0.4, -0.2) is 26.8 Å². The highest BCUT2D eigenvalue weighted by Gasteiger charge is 2.23. The van der Waals surface area contributed by atoms with Crippen molar-refractivity contribution in [1.82, 2.24) is 9.78 Å². The van der Waals surface area contributed by atoms with Gasteiger partial charge in [-0.2, -0.15) is 5.10 Å². The molecule has 0 aliphatic carbocycles. The van der Waals surface area contributed by atoms with Gasteiger partial charge in [0.15, 0.2) is 5.69 Å². The van der Waals surface area contributed by atoms with Crippen molar-refractivity contribution in [2.75, 3.05) is 0 Å². The van der Waals surface area contributed by atoms with Gasteiger partial charge >= 0.3 is 11.9 Å². The fourth-order valence-electron chi connectivity index (χ4n) is 1.51. The summed E-state index contributed by atoms with van der Waals surface area (Å²) in [6.45, 7) is 0. The number of para-hydroxylation sites is 1. The SMILES string of the molecule is Cn1ncc(C(=O)O)c1C(=O)Oc1ccccc1Cl. The lowest BCUT2D eigenvalue weighted by atomic mass is 10.2. The molecule has 19 heavy (non-hydrogen) atoms. The Morgan fingerprint density at radius 3 is 2.68 bits per heavy atom. The summed E-state index contributed by atoms with van der Waals surface area (Å²) in [5.74, 6) is -1.92. The van der Waals surface area contributed by atoms with Gasteiger partial charge in [0.2, 0.25) is 0 Å². The van der Waals surface area contributed by atoms with Gasteiger partial charge in [-0.3, -0.25) is 4.68 Å². The monoisotopic (exact) mass is 280 g/mol. The molecule has 1 aromatic heterocycles. The lowest BCUT2D eigenvalue weighted by Crippen LogP contribution is -2.17. The van der Waals surface area contributed by atoms with Crippen LogP contribution in [-0.2, 0) is 7.05 Å². The largest absolute Gasteiger partial charge is 0.478 e. The maximum atomic E-state index is 12.0. The number of aromatic nitrogens is 2. The molecule has 7 heteroatoms. The Morgan fingerprint density at radius 1 is 1.37 bits per heavy atom. The van der Waals surface area contributed by atoms with E-state index in [0.29, 0.717) is 0 Å². The summed E-state index contributed by atoms with van der Waals surface area (Å²) in [5, 5.41) is 12.9. The first kappa shape index (κ1) is 13.1. The van der Waals surface area contributed by atoms with Crippen LogP contribution in [0.5, 0.6) is 5.75 Å². The predicted molar refractivity (Wildman–Crippen MR) is 66.6 cm³/mol. The van der Waals surface area contributed by atoms with Crippen LogP contribution in [0.3, 0.4) is 0 Å². The maximum absolute atomic E-state index is 12.0. The smallest absolute Gasteiger partial charge is 0.362 e. The van der Waals surface area contributed by atoms with Gasteiger partial charge in [0.05, 0.1) is 11.2 Å². The number of nitrogens with zero attached hydrogens (tertiary/aromatic N) is 2. The van der Waals surface area contributed by atoms with Crippen molar-refractivity contribution in [1.29, 1.82) is 0 Å². The molecule has 1 N–H and O–H groups in total. The first-order valence-electron chi connectivity index (χ1n) is 5.22. The summed E-state index contributed by atoms with van der Waals surface area (Å²) in [5.41, 5.74) is -0.369. The van der Waals surface area contributed by atoms with E-state index in [4.69, 9.17) is 21.4 Å². The third kappa shape index (κ3) is 2.58. The fourth-order valence-corrected chi connectivity index (χ4v) is 1.69. The van der Waals surface area contributed by atoms with E-state index in [1.54, 1.807) is 18.2 Å². The van der Waals surface area contributed by atoms with Gasteiger partial charge in [-0.05, 0) is 12.1 Å². The van der Waals surface area contributed by atoms with Gasteiger partial charge in [0.25, 0.3) is 0 Å². The van der Waals surface area contributed by atoms with E-state index in [1.807, 2.05) is 0 Å². The number of carboxylic acid groups (broad SMARTS) is 1. The molecule has 6 nitrogen and oxygen atoms in total. The number of aryl methyl sites for hydroxylation is 1. The number of carbonyl (C=O) groups is 2. The molecule has 2 aromatic rings. The van der Waals surface area contributed by atoms with Crippen LogP contribution in [0.4, 0.5) is 0 Å². The van der Waals surface area contributed by atoms with Crippen molar-refractivity contribution in [3.8, 4) is 5.75 Å². The maximum Gasteiger partial charge on any atom is 0.362 e. The number of aromatic carboxylic acids is 1. The van der Waals surface area contributed by atoms with Crippen molar-refractivity contribution in [2.24, 2.45) is 7.05 Å². The summed E-state index contributed by atoms with van der Waals surface area (Å²) in [6, 6.07) is 6.41. The molecule has 1 aromatic carbocycles. The molecule has 0 saturated heterocycles. The second kappa shape index (κ2) is 5.11. The average Bonchev–Trinajstić information content (AvgIpc) is 2.74. The number of rotatable bonds is 3. The normalized spacial score (nSPS) is 10.2.